The molecule has 0 aliphatic carbocycles. The van der Waals surface area contributed by atoms with E-state index in [1.165, 1.54) is 6.07 Å². The van der Waals surface area contributed by atoms with Crippen LogP contribution in [-0.2, 0) is 6.18 Å². The summed E-state index contributed by atoms with van der Waals surface area (Å²) < 4.78 is 38.1. The molecule has 5 nitrogen and oxygen atoms in total. The molecule has 0 saturated carbocycles. The molecule has 0 atom stereocenters. The van der Waals surface area contributed by atoms with Crippen LogP contribution in [0.3, 0.4) is 0 Å². The highest BCUT2D eigenvalue weighted by Crippen LogP contribution is 2.27. The van der Waals surface area contributed by atoms with E-state index in [4.69, 9.17) is 5.11 Å². The number of halogens is 3. The number of aromatic nitrogens is 3. The number of carbonyl (C=O) groups is 1. The molecule has 100 valence electrons. The number of carboxylic acids is 1. The monoisotopic (exact) mass is 271 g/mol. The molecule has 0 unspecified atom stereocenters. The maximum absolute atomic E-state index is 12.4. The van der Waals surface area contributed by atoms with E-state index in [-0.39, 0.29) is 11.4 Å². The number of aryl methyl sites for hydroxylation is 1. The number of rotatable bonds is 2. The molecule has 1 N–H and O–H groups in total. The van der Waals surface area contributed by atoms with Crippen molar-refractivity contribution in [2.75, 3.05) is 0 Å². The third-order valence-electron chi connectivity index (χ3n) is 2.30. The summed E-state index contributed by atoms with van der Waals surface area (Å²) in [5.74, 6) is -1.16. The molecule has 0 amide bonds. The lowest BCUT2D eigenvalue weighted by Gasteiger charge is -2.05. The lowest BCUT2D eigenvalue weighted by atomic mass is 10.2. The first kappa shape index (κ1) is 13.1. The molecule has 0 fully saturated rings. The molecule has 0 radical (unpaired) electrons. The van der Waals surface area contributed by atoms with E-state index in [1.54, 1.807) is 6.92 Å². The van der Waals surface area contributed by atoms with Crippen molar-refractivity contribution >= 4 is 5.97 Å². The molecule has 2 aromatic heterocycles. The third kappa shape index (κ3) is 2.72. The van der Waals surface area contributed by atoms with E-state index in [1.807, 2.05) is 0 Å². The fourth-order valence-electron chi connectivity index (χ4n) is 1.49. The van der Waals surface area contributed by atoms with Crippen LogP contribution in [0, 0.1) is 6.92 Å². The van der Waals surface area contributed by atoms with Crippen LogP contribution in [0.2, 0.25) is 0 Å². The maximum atomic E-state index is 12.4. The van der Waals surface area contributed by atoms with Crippen molar-refractivity contribution in [3.8, 4) is 5.82 Å². The Morgan fingerprint density at radius 3 is 2.58 bits per heavy atom. The van der Waals surface area contributed by atoms with Crippen LogP contribution < -0.4 is 0 Å². The summed E-state index contributed by atoms with van der Waals surface area (Å²) in [6, 6.07) is 3.27. The fraction of sp³-hybridized carbons (Fsp3) is 0.182. The highest BCUT2D eigenvalue weighted by atomic mass is 19.4. The van der Waals surface area contributed by atoms with Crippen LogP contribution in [0.25, 0.3) is 5.82 Å². The maximum Gasteiger partial charge on any atom is 0.435 e. The van der Waals surface area contributed by atoms with Gasteiger partial charge in [0.05, 0.1) is 5.56 Å². The van der Waals surface area contributed by atoms with Gasteiger partial charge >= 0.3 is 12.1 Å². The van der Waals surface area contributed by atoms with Crippen LogP contribution in [0.1, 0.15) is 21.7 Å². The van der Waals surface area contributed by atoms with Crippen molar-refractivity contribution in [2.24, 2.45) is 0 Å². The zero-order valence-corrected chi connectivity index (χ0v) is 9.64. The number of carboxylic acid groups (broad SMARTS) is 1. The van der Waals surface area contributed by atoms with Crippen molar-refractivity contribution in [1.29, 1.82) is 0 Å². The minimum Gasteiger partial charge on any atom is -0.478 e. The smallest absolute Gasteiger partial charge is 0.435 e. The van der Waals surface area contributed by atoms with E-state index in [0.717, 1.165) is 23.0 Å². The van der Waals surface area contributed by atoms with Gasteiger partial charge in [0.15, 0.2) is 11.5 Å². The van der Waals surface area contributed by atoms with Gasteiger partial charge in [-0.25, -0.2) is 14.5 Å². The van der Waals surface area contributed by atoms with E-state index < -0.39 is 17.8 Å². The summed E-state index contributed by atoms with van der Waals surface area (Å²) in [4.78, 5) is 14.8. The Labute approximate surface area is 105 Å². The van der Waals surface area contributed by atoms with E-state index in [9.17, 15) is 18.0 Å². The Balaban J connectivity index is 2.47. The van der Waals surface area contributed by atoms with Crippen LogP contribution in [0.15, 0.2) is 24.4 Å². The Bertz CT molecular complexity index is 634. The Morgan fingerprint density at radius 1 is 1.37 bits per heavy atom. The average Bonchev–Trinajstić information content (AvgIpc) is 2.76. The zero-order chi connectivity index (χ0) is 14.2. The highest BCUT2D eigenvalue weighted by Gasteiger charge is 2.33. The lowest BCUT2D eigenvalue weighted by molar-refractivity contribution is -0.141. The summed E-state index contributed by atoms with van der Waals surface area (Å²) >= 11 is 0. The molecule has 8 heteroatoms. The summed E-state index contributed by atoms with van der Waals surface area (Å²) in [5, 5.41) is 12.2. The second kappa shape index (κ2) is 4.38. The van der Waals surface area contributed by atoms with Crippen LogP contribution in [0.5, 0.6) is 0 Å². The topological polar surface area (TPSA) is 68.0 Å². The van der Waals surface area contributed by atoms with Gasteiger partial charge in [-0.1, -0.05) is 0 Å². The molecule has 0 saturated heterocycles. The summed E-state index contributed by atoms with van der Waals surface area (Å²) in [6.45, 7) is 1.55. The van der Waals surface area contributed by atoms with Gasteiger partial charge < -0.3 is 5.11 Å². The summed E-state index contributed by atoms with van der Waals surface area (Å²) in [7, 11) is 0. The molecular weight excluding hydrogens is 263 g/mol. The van der Waals surface area contributed by atoms with Crippen molar-refractivity contribution in [1.82, 2.24) is 14.8 Å². The molecule has 19 heavy (non-hydrogen) atoms. The first-order chi connectivity index (χ1) is 8.77. The molecule has 0 bridgehead atoms. The number of aromatic carboxylic acids is 1. The van der Waals surface area contributed by atoms with Crippen LogP contribution in [0.4, 0.5) is 13.2 Å². The highest BCUT2D eigenvalue weighted by molar-refractivity contribution is 5.88. The normalized spacial score (nSPS) is 11.6. The van der Waals surface area contributed by atoms with Gasteiger partial charge in [0.2, 0.25) is 0 Å². The summed E-state index contributed by atoms with van der Waals surface area (Å²) in [6.07, 6.45) is -3.47. The second-order valence-corrected chi connectivity index (χ2v) is 3.80. The molecule has 0 aliphatic heterocycles. The van der Waals surface area contributed by atoms with E-state index >= 15 is 0 Å². The minimum atomic E-state index is -4.55. The van der Waals surface area contributed by atoms with Crippen molar-refractivity contribution < 1.29 is 23.1 Å². The van der Waals surface area contributed by atoms with Gasteiger partial charge in [-0.05, 0) is 25.1 Å². The van der Waals surface area contributed by atoms with Gasteiger partial charge in [-0.15, -0.1) is 0 Å². The minimum absolute atomic E-state index is 0.0212. The first-order valence-electron chi connectivity index (χ1n) is 5.12. The van der Waals surface area contributed by atoms with Gasteiger partial charge in [-0.2, -0.15) is 18.3 Å². The predicted molar refractivity (Wildman–Crippen MR) is 58.1 cm³/mol. The molecule has 0 spiro atoms. The van der Waals surface area contributed by atoms with Gasteiger partial charge in [-0.3, -0.25) is 0 Å². The van der Waals surface area contributed by atoms with Crippen molar-refractivity contribution in [3.63, 3.8) is 0 Å². The standard InChI is InChI=1S/C11H8F3N3O2/c1-6-4-7(10(18)19)5-9(15-6)17-3-2-8(16-17)11(12,13)14/h2-5H,1H3,(H,18,19). The number of hydrogen-bond acceptors (Lipinski definition) is 3. The van der Waals surface area contributed by atoms with Gasteiger partial charge in [0, 0.05) is 11.9 Å². The SMILES string of the molecule is Cc1cc(C(=O)O)cc(-n2ccc(C(F)(F)F)n2)n1. The Kier molecular flexibility index (Phi) is 3.01. The quantitative estimate of drug-likeness (QED) is 0.909. The lowest BCUT2D eigenvalue weighted by Crippen LogP contribution is -2.09. The summed E-state index contributed by atoms with van der Waals surface area (Å²) in [5.41, 5.74) is -0.752. The van der Waals surface area contributed by atoms with E-state index in [0.29, 0.717) is 5.69 Å². The molecular formula is C11H8F3N3O2. The fourth-order valence-corrected chi connectivity index (χ4v) is 1.49. The Morgan fingerprint density at radius 2 is 2.05 bits per heavy atom. The van der Waals surface area contributed by atoms with Crippen molar-refractivity contribution in [3.05, 3.63) is 41.3 Å². The number of pyridine rings is 1. The largest absolute Gasteiger partial charge is 0.478 e. The second-order valence-electron chi connectivity index (χ2n) is 3.80. The Hall–Kier alpha value is -2.38. The molecule has 0 aliphatic rings. The van der Waals surface area contributed by atoms with Crippen LogP contribution >= 0.6 is 0 Å². The number of nitrogens with zero attached hydrogens (tertiary/aromatic N) is 3. The molecule has 0 aromatic carbocycles. The third-order valence-corrected chi connectivity index (χ3v) is 2.30. The van der Waals surface area contributed by atoms with Gasteiger partial charge in [0.1, 0.15) is 0 Å². The molecule has 2 rings (SSSR count). The molecule has 2 heterocycles. The van der Waals surface area contributed by atoms with Crippen LogP contribution in [-0.4, -0.2) is 25.8 Å². The zero-order valence-electron chi connectivity index (χ0n) is 9.64. The number of hydrogen-bond donors (Lipinski definition) is 1. The first-order valence-corrected chi connectivity index (χ1v) is 5.12. The molecule has 2 aromatic rings. The van der Waals surface area contributed by atoms with Gasteiger partial charge in [0.25, 0.3) is 0 Å². The van der Waals surface area contributed by atoms with E-state index in [2.05, 4.69) is 10.1 Å². The predicted octanol–water partition coefficient (Wildman–Crippen LogP) is 2.29. The number of alkyl halides is 3. The van der Waals surface area contributed by atoms with Crippen molar-refractivity contribution in [2.45, 2.75) is 13.1 Å². The average molecular weight is 271 g/mol.